The van der Waals surface area contributed by atoms with Crippen molar-refractivity contribution in [3.8, 4) is 22.8 Å². The maximum absolute atomic E-state index is 14.1. The van der Waals surface area contributed by atoms with Crippen molar-refractivity contribution in [2.45, 2.75) is 0 Å². The second-order valence-electron chi connectivity index (χ2n) is 5.78. The number of aromatic nitrogens is 1. The van der Waals surface area contributed by atoms with Crippen LogP contribution < -0.4 is 20.3 Å². The molecule has 0 saturated carbocycles. The Kier molecular flexibility index (Phi) is 5.44. The molecule has 0 aliphatic heterocycles. The number of amides is 1. The fourth-order valence-electron chi connectivity index (χ4n) is 2.76. The van der Waals surface area contributed by atoms with Crippen molar-refractivity contribution in [1.82, 2.24) is 10.3 Å². The monoisotopic (exact) mass is 390 g/mol. The van der Waals surface area contributed by atoms with Gasteiger partial charge in [0.1, 0.15) is 12.4 Å². The molecule has 1 aromatic heterocycles. The van der Waals surface area contributed by atoms with E-state index in [9.17, 15) is 18.4 Å². The Bertz CT molecular complexity index is 1100. The molecule has 0 saturated heterocycles. The van der Waals surface area contributed by atoms with Crippen LogP contribution in [-0.2, 0) is 0 Å². The molecule has 0 aliphatic carbocycles. The number of fused-ring (bicyclic) bond motifs is 1. The lowest BCUT2D eigenvalue weighted by Crippen LogP contribution is -2.26. The standard InChI is InChI=1S/C19H16F2N2O5/c1-27-15-5-2-10(8-14(15)21)16-17(28-7-6-22-19(25)26)12-4-3-11(20)9-13(12)18(24)23-16/h2-5,8-9,22H,6-7H2,1H3,(H,23,24)(H,25,26). The highest BCUT2D eigenvalue weighted by Crippen LogP contribution is 2.35. The fourth-order valence-corrected chi connectivity index (χ4v) is 2.76. The van der Waals surface area contributed by atoms with Gasteiger partial charge in [0.25, 0.3) is 5.56 Å². The SMILES string of the molecule is COc1ccc(-c2[nH]c(=O)c3cc(F)ccc3c2OCCNC(=O)O)cc1F. The Labute approximate surface area is 157 Å². The topological polar surface area (TPSA) is 101 Å². The van der Waals surface area contributed by atoms with E-state index in [0.29, 0.717) is 10.9 Å². The molecule has 3 N–H and O–H groups in total. The first kappa shape index (κ1) is 19.2. The average molecular weight is 390 g/mol. The number of methoxy groups -OCH3 is 1. The molecule has 1 heterocycles. The molecular weight excluding hydrogens is 374 g/mol. The van der Waals surface area contributed by atoms with Crippen molar-refractivity contribution >= 4 is 16.9 Å². The van der Waals surface area contributed by atoms with Gasteiger partial charge in [0.05, 0.1) is 24.7 Å². The van der Waals surface area contributed by atoms with E-state index in [1.807, 2.05) is 0 Å². The fraction of sp³-hybridized carbons (Fsp3) is 0.158. The second kappa shape index (κ2) is 7.95. The number of carboxylic acid groups (broad SMARTS) is 1. The van der Waals surface area contributed by atoms with Crippen molar-refractivity contribution in [2.24, 2.45) is 0 Å². The number of rotatable bonds is 6. The summed E-state index contributed by atoms with van der Waals surface area (Å²) < 4.78 is 38.3. The van der Waals surface area contributed by atoms with Crippen LogP contribution in [0.4, 0.5) is 13.6 Å². The molecular formula is C19H16F2N2O5. The minimum atomic E-state index is -1.21. The third-order valence-electron chi connectivity index (χ3n) is 4.00. The van der Waals surface area contributed by atoms with Crippen LogP contribution >= 0.6 is 0 Å². The van der Waals surface area contributed by atoms with Gasteiger partial charge in [-0.25, -0.2) is 13.6 Å². The summed E-state index contributed by atoms with van der Waals surface area (Å²) in [6.07, 6.45) is -1.21. The summed E-state index contributed by atoms with van der Waals surface area (Å²) >= 11 is 0. The Morgan fingerprint density at radius 3 is 2.64 bits per heavy atom. The minimum absolute atomic E-state index is 0.0203. The molecule has 7 nitrogen and oxygen atoms in total. The Morgan fingerprint density at radius 2 is 1.96 bits per heavy atom. The van der Waals surface area contributed by atoms with Crippen molar-refractivity contribution in [1.29, 1.82) is 0 Å². The number of benzene rings is 2. The third kappa shape index (κ3) is 3.88. The first-order chi connectivity index (χ1) is 13.4. The Hall–Kier alpha value is -3.62. The van der Waals surface area contributed by atoms with Gasteiger partial charge < -0.3 is 24.9 Å². The van der Waals surface area contributed by atoms with E-state index in [1.165, 1.54) is 37.4 Å². The average Bonchev–Trinajstić information content (AvgIpc) is 2.66. The second-order valence-corrected chi connectivity index (χ2v) is 5.78. The van der Waals surface area contributed by atoms with E-state index < -0.39 is 23.3 Å². The summed E-state index contributed by atoms with van der Waals surface area (Å²) in [6, 6.07) is 7.71. The van der Waals surface area contributed by atoms with Crippen molar-refractivity contribution in [2.75, 3.05) is 20.3 Å². The zero-order valence-corrected chi connectivity index (χ0v) is 14.7. The smallest absolute Gasteiger partial charge is 0.404 e. The molecule has 28 heavy (non-hydrogen) atoms. The van der Waals surface area contributed by atoms with E-state index in [4.69, 9.17) is 14.6 Å². The first-order valence-electron chi connectivity index (χ1n) is 8.19. The van der Waals surface area contributed by atoms with Crippen molar-refractivity contribution in [3.63, 3.8) is 0 Å². The highest BCUT2D eigenvalue weighted by molar-refractivity contribution is 5.93. The third-order valence-corrected chi connectivity index (χ3v) is 4.00. The summed E-state index contributed by atoms with van der Waals surface area (Å²) in [5, 5.41) is 11.2. The summed E-state index contributed by atoms with van der Waals surface area (Å²) in [7, 11) is 1.33. The maximum atomic E-state index is 14.1. The van der Waals surface area contributed by atoms with Gasteiger partial charge in [0.15, 0.2) is 17.3 Å². The van der Waals surface area contributed by atoms with Gasteiger partial charge >= 0.3 is 6.09 Å². The lowest BCUT2D eigenvalue weighted by Gasteiger charge is -2.15. The van der Waals surface area contributed by atoms with Gasteiger partial charge in [-0.1, -0.05) is 0 Å². The van der Waals surface area contributed by atoms with Gasteiger partial charge in [0, 0.05) is 10.9 Å². The van der Waals surface area contributed by atoms with E-state index >= 15 is 0 Å². The van der Waals surface area contributed by atoms with E-state index in [2.05, 4.69) is 10.3 Å². The zero-order chi connectivity index (χ0) is 20.3. The molecule has 146 valence electrons. The van der Waals surface area contributed by atoms with Crippen LogP contribution in [0.25, 0.3) is 22.0 Å². The molecule has 0 fully saturated rings. The van der Waals surface area contributed by atoms with E-state index in [0.717, 1.165) is 6.07 Å². The quantitative estimate of drug-likeness (QED) is 0.562. The van der Waals surface area contributed by atoms with Gasteiger partial charge in [-0.2, -0.15) is 0 Å². The number of halogens is 2. The van der Waals surface area contributed by atoms with Gasteiger partial charge in [-0.3, -0.25) is 4.79 Å². The maximum Gasteiger partial charge on any atom is 0.404 e. The van der Waals surface area contributed by atoms with Gasteiger partial charge in [-0.05, 0) is 36.4 Å². The Morgan fingerprint density at radius 1 is 1.18 bits per heavy atom. The lowest BCUT2D eigenvalue weighted by atomic mass is 10.0. The summed E-state index contributed by atoms with van der Waals surface area (Å²) in [6.45, 7) is -0.0793. The largest absolute Gasteiger partial charge is 0.494 e. The molecule has 0 bridgehead atoms. The lowest BCUT2D eigenvalue weighted by molar-refractivity contribution is 0.191. The molecule has 9 heteroatoms. The Balaban J connectivity index is 2.13. The van der Waals surface area contributed by atoms with Crippen LogP contribution in [0.15, 0.2) is 41.2 Å². The zero-order valence-electron chi connectivity index (χ0n) is 14.7. The van der Waals surface area contributed by atoms with Crippen LogP contribution in [0.5, 0.6) is 11.5 Å². The molecule has 3 rings (SSSR count). The number of hydrogen-bond donors (Lipinski definition) is 3. The number of carbonyl (C=O) groups is 1. The molecule has 2 aromatic carbocycles. The van der Waals surface area contributed by atoms with Crippen molar-refractivity contribution < 1.29 is 28.2 Å². The number of ether oxygens (including phenoxy) is 2. The van der Waals surface area contributed by atoms with E-state index in [1.54, 1.807) is 0 Å². The summed E-state index contributed by atoms with van der Waals surface area (Å²) in [4.78, 5) is 25.6. The number of hydrogen-bond acceptors (Lipinski definition) is 4. The van der Waals surface area contributed by atoms with Crippen LogP contribution in [0.2, 0.25) is 0 Å². The molecule has 0 spiro atoms. The molecule has 0 aliphatic rings. The number of nitrogens with one attached hydrogen (secondary N) is 2. The number of H-pyrrole nitrogens is 1. The molecule has 1 amide bonds. The van der Waals surface area contributed by atoms with E-state index in [-0.39, 0.29) is 35.7 Å². The molecule has 3 aromatic rings. The predicted molar refractivity (Wildman–Crippen MR) is 98.0 cm³/mol. The highest BCUT2D eigenvalue weighted by Gasteiger charge is 2.17. The number of aromatic amines is 1. The molecule has 0 radical (unpaired) electrons. The highest BCUT2D eigenvalue weighted by atomic mass is 19.1. The molecule has 0 unspecified atom stereocenters. The van der Waals surface area contributed by atoms with Crippen LogP contribution in [0.1, 0.15) is 0 Å². The van der Waals surface area contributed by atoms with Crippen LogP contribution in [-0.4, -0.2) is 36.4 Å². The van der Waals surface area contributed by atoms with Crippen molar-refractivity contribution in [3.05, 3.63) is 58.4 Å². The summed E-state index contributed by atoms with van der Waals surface area (Å²) in [5.41, 5.74) is -0.0828. The molecule has 0 atom stereocenters. The first-order valence-corrected chi connectivity index (χ1v) is 8.19. The number of pyridine rings is 1. The van der Waals surface area contributed by atoms with Gasteiger partial charge in [-0.15, -0.1) is 0 Å². The van der Waals surface area contributed by atoms with Crippen LogP contribution in [0.3, 0.4) is 0 Å². The normalized spacial score (nSPS) is 10.7. The summed E-state index contributed by atoms with van der Waals surface area (Å²) in [5.74, 6) is -1.04. The predicted octanol–water partition coefficient (Wildman–Crippen LogP) is 3.13. The van der Waals surface area contributed by atoms with Gasteiger partial charge in [0.2, 0.25) is 0 Å². The van der Waals surface area contributed by atoms with Crippen LogP contribution in [0, 0.1) is 11.6 Å². The minimum Gasteiger partial charge on any atom is -0.494 e.